The van der Waals surface area contributed by atoms with Gasteiger partial charge in [0.1, 0.15) is 10.6 Å². The molecule has 0 unspecified atom stereocenters. The van der Waals surface area contributed by atoms with Gasteiger partial charge in [0, 0.05) is 12.6 Å². The lowest BCUT2D eigenvalue weighted by atomic mass is 10.3. The zero-order valence-electron chi connectivity index (χ0n) is 11.0. The normalized spacial score (nSPS) is 10.8. The number of hydrogen-bond donors (Lipinski definition) is 3. The fraction of sp³-hybridized carbons (Fsp3) is 0.273. The molecule has 8 nitrogen and oxygen atoms in total. The van der Waals surface area contributed by atoms with Crippen molar-refractivity contribution >= 4 is 27.5 Å². The monoisotopic (exact) mass is 301 g/mol. The van der Waals surface area contributed by atoms with Crippen molar-refractivity contribution in [3.8, 4) is 5.75 Å². The van der Waals surface area contributed by atoms with E-state index in [4.69, 9.17) is 9.88 Å². The Morgan fingerprint density at radius 2 is 2.00 bits per heavy atom. The molecular weight excluding hydrogens is 286 g/mol. The Morgan fingerprint density at radius 3 is 2.50 bits per heavy atom. The molecule has 2 amide bonds. The van der Waals surface area contributed by atoms with E-state index in [1.807, 2.05) is 0 Å². The number of anilines is 1. The summed E-state index contributed by atoms with van der Waals surface area (Å²) in [5, 5.41) is 9.80. The molecule has 0 radical (unpaired) electrons. The molecule has 0 spiro atoms. The molecule has 0 saturated heterocycles. The van der Waals surface area contributed by atoms with E-state index in [2.05, 4.69) is 10.6 Å². The molecule has 1 aromatic rings. The van der Waals surface area contributed by atoms with Crippen molar-refractivity contribution < 1.29 is 22.7 Å². The van der Waals surface area contributed by atoms with Crippen molar-refractivity contribution in [2.75, 3.05) is 19.0 Å². The maximum Gasteiger partial charge on any atom is 0.243 e. The number of nitrogens with one attached hydrogen (secondary N) is 2. The highest BCUT2D eigenvalue weighted by Crippen LogP contribution is 2.25. The van der Waals surface area contributed by atoms with E-state index in [1.54, 1.807) is 0 Å². The molecule has 0 aliphatic heterocycles. The van der Waals surface area contributed by atoms with E-state index in [0.717, 1.165) is 0 Å². The van der Waals surface area contributed by atoms with Crippen molar-refractivity contribution in [3.05, 3.63) is 18.2 Å². The van der Waals surface area contributed by atoms with Crippen LogP contribution < -0.4 is 20.5 Å². The van der Waals surface area contributed by atoms with Gasteiger partial charge in [-0.2, -0.15) is 0 Å². The third-order valence-electron chi connectivity index (χ3n) is 2.25. The third kappa shape index (κ3) is 4.52. The zero-order chi connectivity index (χ0) is 15.3. The minimum atomic E-state index is -3.98. The lowest BCUT2D eigenvalue weighted by Crippen LogP contribution is -2.31. The molecule has 0 aliphatic rings. The SMILES string of the molecule is COc1ccc(NC(=O)CNC(C)=O)cc1S(N)(=O)=O. The summed E-state index contributed by atoms with van der Waals surface area (Å²) in [7, 11) is -2.67. The van der Waals surface area contributed by atoms with Gasteiger partial charge >= 0.3 is 0 Å². The summed E-state index contributed by atoms with van der Waals surface area (Å²) in [5.41, 5.74) is 0.227. The van der Waals surface area contributed by atoms with Gasteiger partial charge < -0.3 is 15.4 Å². The van der Waals surface area contributed by atoms with Gasteiger partial charge in [-0.15, -0.1) is 0 Å². The lowest BCUT2D eigenvalue weighted by Gasteiger charge is -2.10. The minimum Gasteiger partial charge on any atom is -0.495 e. The van der Waals surface area contributed by atoms with E-state index in [9.17, 15) is 18.0 Å². The predicted molar refractivity (Wildman–Crippen MR) is 71.7 cm³/mol. The molecule has 0 heterocycles. The summed E-state index contributed by atoms with van der Waals surface area (Å²) in [6.45, 7) is 1.06. The Bertz CT molecular complexity index is 627. The second-order valence-electron chi connectivity index (χ2n) is 3.87. The second kappa shape index (κ2) is 6.35. The molecule has 20 heavy (non-hydrogen) atoms. The average molecular weight is 301 g/mol. The van der Waals surface area contributed by atoms with Crippen LogP contribution in [0.1, 0.15) is 6.92 Å². The molecule has 1 aromatic carbocycles. The van der Waals surface area contributed by atoms with Crippen LogP contribution >= 0.6 is 0 Å². The van der Waals surface area contributed by atoms with Gasteiger partial charge in [0.2, 0.25) is 21.8 Å². The molecule has 4 N–H and O–H groups in total. The molecule has 0 fully saturated rings. The summed E-state index contributed by atoms with van der Waals surface area (Å²) >= 11 is 0. The number of benzene rings is 1. The fourth-order valence-electron chi connectivity index (χ4n) is 1.39. The van der Waals surface area contributed by atoms with Gasteiger partial charge in [-0.25, -0.2) is 13.6 Å². The average Bonchev–Trinajstić information content (AvgIpc) is 2.35. The topological polar surface area (TPSA) is 128 Å². The number of carbonyl (C=O) groups is 2. The van der Waals surface area contributed by atoms with E-state index in [1.165, 1.54) is 32.2 Å². The van der Waals surface area contributed by atoms with Gasteiger partial charge in [0.05, 0.1) is 13.7 Å². The molecule has 1 rings (SSSR count). The summed E-state index contributed by atoms with van der Waals surface area (Å²) in [6, 6.07) is 4.01. The number of methoxy groups -OCH3 is 1. The quantitative estimate of drug-likeness (QED) is 0.670. The molecule has 0 saturated carbocycles. The van der Waals surface area contributed by atoms with Gasteiger partial charge in [0.15, 0.2) is 0 Å². The van der Waals surface area contributed by atoms with Crippen molar-refractivity contribution in [3.63, 3.8) is 0 Å². The van der Waals surface area contributed by atoms with Gasteiger partial charge in [-0.05, 0) is 18.2 Å². The molecule has 0 aromatic heterocycles. The number of carbonyl (C=O) groups excluding carboxylic acids is 2. The predicted octanol–water partition coefficient (Wildman–Crippen LogP) is -0.583. The van der Waals surface area contributed by atoms with Crippen molar-refractivity contribution in [1.29, 1.82) is 0 Å². The first kappa shape index (κ1) is 15.9. The van der Waals surface area contributed by atoms with Crippen LogP contribution in [0.25, 0.3) is 0 Å². The van der Waals surface area contributed by atoms with Crippen LogP contribution in [0.15, 0.2) is 23.1 Å². The smallest absolute Gasteiger partial charge is 0.243 e. The van der Waals surface area contributed by atoms with Crippen LogP contribution in [0.5, 0.6) is 5.75 Å². The van der Waals surface area contributed by atoms with Crippen LogP contribution in [0, 0.1) is 0 Å². The van der Waals surface area contributed by atoms with Crippen molar-refractivity contribution in [2.24, 2.45) is 5.14 Å². The van der Waals surface area contributed by atoms with E-state index >= 15 is 0 Å². The van der Waals surface area contributed by atoms with Crippen LogP contribution in [0.4, 0.5) is 5.69 Å². The first-order valence-electron chi connectivity index (χ1n) is 5.49. The van der Waals surface area contributed by atoms with E-state index < -0.39 is 15.9 Å². The molecule has 9 heteroatoms. The third-order valence-corrected chi connectivity index (χ3v) is 3.18. The Kier molecular flexibility index (Phi) is 5.06. The van der Waals surface area contributed by atoms with Crippen LogP contribution in [-0.2, 0) is 19.6 Å². The maximum atomic E-state index is 11.5. The van der Waals surface area contributed by atoms with Crippen LogP contribution in [0.3, 0.4) is 0 Å². The maximum absolute atomic E-state index is 11.5. The molecular formula is C11H15N3O5S. The Labute approximate surface area is 116 Å². The highest BCUT2D eigenvalue weighted by Gasteiger charge is 2.16. The summed E-state index contributed by atoms with van der Waals surface area (Å²) < 4.78 is 27.7. The minimum absolute atomic E-state index is 0.0763. The number of primary sulfonamides is 1. The first-order valence-corrected chi connectivity index (χ1v) is 7.04. The Morgan fingerprint density at radius 1 is 1.35 bits per heavy atom. The number of ether oxygens (including phenoxy) is 1. The summed E-state index contributed by atoms with van der Waals surface area (Å²) in [6.07, 6.45) is 0. The van der Waals surface area contributed by atoms with Gasteiger partial charge in [-0.1, -0.05) is 0 Å². The fourth-order valence-corrected chi connectivity index (χ4v) is 2.11. The number of hydrogen-bond acceptors (Lipinski definition) is 5. The van der Waals surface area contributed by atoms with Crippen LogP contribution in [0.2, 0.25) is 0 Å². The number of rotatable bonds is 5. The largest absolute Gasteiger partial charge is 0.495 e. The first-order chi connectivity index (χ1) is 9.24. The highest BCUT2D eigenvalue weighted by atomic mass is 32.2. The molecule has 0 atom stereocenters. The Balaban J connectivity index is 2.93. The van der Waals surface area contributed by atoms with Crippen molar-refractivity contribution in [2.45, 2.75) is 11.8 Å². The lowest BCUT2D eigenvalue weighted by molar-refractivity contribution is -0.122. The number of amides is 2. The standard InChI is InChI=1S/C11H15N3O5S/c1-7(15)13-6-11(16)14-8-3-4-9(19-2)10(5-8)20(12,17)18/h3-5H,6H2,1-2H3,(H,13,15)(H,14,16)(H2,12,17,18). The number of sulfonamides is 1. The van der Waals surface area contributed by atoms with Gasteiger partial charge in [-0.3, -0.25) is 9.59 Å². The van der Waals surface area contributed by atoms with E-state index in [0.29, 0.717) is 0 Å². The molecule has 0 bridgehead atoms. The van der Waals surface area contributed by atoms with Gasteiger partial charge in [0.25, 0.3) is 0 Å². The zero-order valence-corrected chi connectivity index (χ0v) is 11.8. The number of nitrogens with two attached hydrogens (primary N) is 1. The van der Waals surface area contributed by atoms with Crippen molar-refractivity contribution in [1.82, 2.24) is 5.32 Å². The summed E-state index contributed by atoms with van der Waals surface area (Å²) in [5.74, 6) is -0.766. The van der Waals surface area contributed by atoms with E-state index in [-0.39, 0.29) is 28.8 Å². The second-order valence-corrected chi connectivity index (χ2v) is 5.40. The molecule has 110 valence electrons. The summed E-state index contributed by atoms with van der Waals surface area (Å²) in [4.78, 5) is 21.9. The Hall–Kier alpha value is -2.13. The molecule has 0 aliphatic carbocycles. The highest BCUT2D eigenvalue weighted by molar-refractivity contribution is 7.89. The van der Waals surface area contributed by atoms with Crippen LogP contribution in [-0.4, -0.2) is 33.9 Å².